The summed E-state index contributed by atoms with van der Waals surface area (Å²) >= 11 is 0. The molecule has 5 nitrogen and oxygen atoms in total. The van der Waals surface area contributed by atoms with Crippen molar-refractivity contribution in [3.8, 4) is 0 Å². The molecule has 8 atom stereocenters. The molecule has 0 spiro atoms. The number of fused-ring (bicyclic) bond motifs is 5. The van der Waals surface area contributed by atoms with E-state index in [0.717, 1.165) is 0 Å². The molecule has 0 aromatic rings. The second-order valence-corrected chi connectivity index (χ2v) is 9.75. The van der Waals surface area contributed by atoms with Crippen LogP contribution in [-0.4, -0.2) is 50.9 Å². The lowest BCUT2D eigenvalue weighted by atomic mass is 9.44. The largest absolute Gasteiger partial charge is 0.390 e. The summed E-state index contributed by atoms with van der Waals surface area (Å²) in [7, 11) is 0. The topological polar surface area (TPSA) is 94.8 Å². The molecule has 29 heavy (non-hydrogen) atoms. The van der Waals surface area contributed by atoms with Gasteiger partial charge >= 0.3 is 0 Å². The fraction of sp³-hybridized carbons (Fsp3) is 0.727. The number of aliphatic hydroxyl groups is 3. The molecule has 3 saturated carbocycles. The van der Waals surface area contributed by atoms with Gasteiger partial charge in [-0.3, -0.25) is 9.59 Å². The molecule has 4 rings (SSSR count). The van der Waals surface area contributed by atoms with E-state index in [-0.39, 0.29) is 42.1 Å². The van der Waals surface area contributed by atoms with Crippen LogP contribution in [0.1, 0.15) is 46.5 Å². The molecule has 0 saturated heterocycles. The van der Waals surface area contributed by atoms with Crippen LogP contribution in [0.4, 0.5) is 4.39 Å². The van der Waals surface area contributed by atoms with Crippen molar-refractivity contribution >= 4 is 35.5 Å². The Labute approximate surface area is 187 Å². The minimum atomic E-state index is -1.98. The van der Waals surface area contributed by atoms with Crippen molar-refractivity contribution in [3.63, 3.8) is 0 Å². The van der Waals surface area contributed by atoms with Crippen LogP contribution >= 0.6 is 24.0 Å². The Morgan fingerprint density at radius 3 is 2.59 bits per heavy atom. The van der Waals surface area contributed by atoms with Crippen LogP contribution in [0.3, 0.4) is 0 Å². The number of alkyl halides is 1. The van der Waals surface area contributed by atoms with Gasteiger partial charge < -0.3 is 15.3 Å². The molecule has 4 aliphatic rings. The van der Waals surface area contributed by atoms with Gasteiger partial charge in [-0.05, 0) is 56.6 Å². The van der Waals surface area contributed by atoms with Crippen molar-refractivity contribution in [1.29, 1.82) is 0 Å². The molecule has 3 fully saturated rings. The molecule has 7 heteroatoms. The Kier molecular flexibility index (Phi) is 5.51. The van der Waals surface area contributed by atoms with E-state index in [9.17, 15) is 24.9 Å². The zero-order valence-corrected chi connectivity index (χ0v) is 19.4. The summed E-state index contributed by atoms with van der Waals surface area (Å²) in [6.45, 7) is 4.48. The van der Waals surface area contributed by atoms with Gasteiger partial charge in [-0.25, -0.2) is 4.39 Å². The molecule has 0 aromatic carbocycles. The Hall–Kier alpha value is -0.640. The van der Waals surface area contributed by atoms with Gasteiger partial charge in [0, 0.05) is 16.7 Å². The van der Waals surface area contributed by atoms with Gasteiger partial charge in [-0.1, -0.05) is 25.5 Å². The van der Waals surface area contributed by atoms with Gasteiger partial charge in [0.05, 0.1) is 6.10 Å². The molecule has 0 heterocycles. The highest BCUT2D eigenvalue weighted by Gasteiger charge is 2.75. The second kappa shape index (κ2) is 6.93. The molecular formula is C22H30FIO5. The summed E-state index contributed by atoms with van der Waals surface area (Å²) in [5.41, 5.74) is -5.17. The lowest BCUT2D eigenvalue weighted by Crippen LogP contribution is -2.69. The predicted octanol–water partition coefficient (Wildman–Crippen LogP) is 2.51. The predicted molar refractivity (Wildman–Crippen MR) is 115 cm³/mol. The lowest BCUT2D eigenvalue weighted by Gasteiger charge is -2.62. The molecule has 0 radical (unpaired) electrons. The van der Waals surface area contributed by atoms with E-state index in [0.29, 0.717) is 24.8 Å². The van der Waals surface area contributed by atoms with Gasteiger partial charge in [-0.2, -0.15) is 0 Å². The van der Waals surface area contributed by atoms with Crippen LogP contribution < -0.4 is 0 Å². The Balaban J connectivity index is 0.00000240. The molecule has 162 valence electrons. The Morgan fingerprint density at radius 1 is 1.31 bits per heavy atom. The lowest BCUT2D eigenvalue weighted by molar-refractivity contribution is -0.219. The fourth-order valence-electron chi connectivity index (χ4n) is 7.26. The first-order valence-electron chi connectivity index (χ1n) is 10.1. The first-order chi connectivity index (χ1) is 13.0. The van der Waals surface area contributed by atoms with Crippen molar-refractivity contribution in [3.05, 3.63) is 23.8 Å². The molecule has 0 aliphatic heterocycles. The van der Waals surface area contributed by atoms with Crippen LogP contribution in [0.15, 0.2) is 23.8 Å². The van der Waals surface area contributed by atoms with Gasteiger partial charge in [-0.15, -0.1) is 24.0 Å². The van der Waals surface area contributed by atoms with Gasteiger partial charge in [0.2, 0.25) is 0 Å². The number of carbonyl (C=O) groups excluding carboxylic acids is 2. The summed E-state index contributed by atoms with van der Waals surface area (Å²) in [6, 6.07) is 0. The monoisotopic (exact) mass is 520 g/mol. The highest BCUT2D eigenvalue weighted by molar-refractivity contribution is 14.0. The Bertz CT molecular complexity index is 811. The fourth-order valence-corrected chi connectivity index (χ4v) is 7.26. The van der Waals surface area contributed by atoms with Crippen LogP contribution in [0.25, 0.3) is 0 Å². The van der Waals surface area contributed by atoms with Crippen molar-refractivity contribution in [2.45, 2.75) is 63.8 Å². The van der Waals surface area contributed by atoms with Crippen molar-refractivity contribution in [2.24, 2.45) is 28.6 Å². The number of allylic oxidation sites excluding steroid dienone is 4. The third kappa shape index (κ3) is 2.53. The molecule has 0 unspecified atom stereocenters. The SMILES string of the molecule is C[C@@H]1C[C@H]2[C@@H]3CCC4=CC(=O)C=C[C@]4(C)[C@@]3(F)[C@@H](O)C[C@]2(C)[C@@]1(O)C(=O)CO.I. The minimum absolute atomic E-state index is 0. The third-order valence-electron chi connectivity index (χ3n) is 8.79. The molecular weight excluding hydrogens is 490 g/mol. The number of aliphatic hydroxyl groups excluding tert-OH is 2. The molecule has 0 amide bonds. The van der Waals surface area contributed by atoms with Gasteiger partial charge in [0.15, 0.2) is 17.2 Å². The van der Waals surface area contributed by atoms with E-state index in [1.54, 1.807) is 26.8 Å². The van der Waals surface area contributed by atoms with Gasteiger partial charge in [0.1, 0.15) is 12.2 Å². The summed E-state index contributed by atoms with van der Waals surface area (Å²) < 4.78 is 16.9. The number of carbonyl (C=O) groups is 2. The molecule has 0 aromatic heterocycles. The minimum Gasteiger partial charge on any atom is -0.390 e. The van der Waals surface area contributed by atoms with Crippen LogP contribution in [0.2, 0.25) is 0 Å². The molecule has 0 bridgehead atoms. The highest BCUT2D eigenvalue weighted by Crippen LogP contribution is 2.70. The van der Waals surface area contributed by atoms with E-state index in [1.807, 2.05) is 0 Å². The maximum absolute atomic E-state index is 16.9. The van der Waals surface area contributed by atoms with Crippen LogP contribution in [0.5, 0.6) is 0 Å². The maximum atomic E-state index is 16.9. The smallest absolute Gasteiger partial charge is 0.190 e. The summed E-state index contributed by atoms with van der Waals surface area (Å²) in [5, 5.41) is 32.0. The van der Waals surface area contributed by atoms with Crippen molar-refractivity contribution < 1.29 is 29.3 Å². The van der Waals surface area contributed by atoms with Crippen LogP contribution in [-0.2, 0) is 9.59 Å². The summed E-state index contributed by atoms with van der Waals surface area (Å²) in [4.78, 5) is 24.4. The highest BCUT2D eigenvalue weighted by atomic mass is 127. The zero-order valence-electron chi connectivity index (χ0n) is 17.0. The number of hydrogen-bond donors (Lipinski definition) is 3. The number of Topliss-reactive ketones (excluding diaryl/α,β-unsaturated/α-hetero) is 1. The van der Waals surface area contributed by atoms with E-state index < -0.39 is 52.4 Å². The summed E-state index contributed by atoms with van der Waals surface area (Å²) in [5.74, 6) is -2.12. The average Bonchev–Trinajstić information content (AvgIpc) is 2.84. The quantitative estimate of drug-likeness (QED) is 0.487. The van der Waals surface area contributed by atoms with Crippen molar-refractivity contribution in [2.75, 3.05) is 6.61 Å². The maximum Gasteiger partial charge on any atom is 0.190 e. The third-order valence-corrected chi connectivity index (χ3v) is 8.79. The number of rotatable bonds is 2. The number of hydrogen-bond acceptors (Lipinski definition) is 5. The van der Waals surface area contributed by atoms with Crippen molar-refractivity contribution in [1.82, 2.24) is 0 Å². The number of ketones is 2. The van der Waals surface area contributed by atoms with E-state index in [4.69, 9.17) is 0 Å². The molecule has 3 N–H and O–H groups in total. The van der Waals surface area contributed by atoms with Crippen LogP contribution in [0, 0.1) is 28.6 Å². The first kappa shape index (κ1) is 23.0. The first-order valence-corrected chi connectivity index (χ1v) is 10.1. The van der Waals surface area contributed by atoms with Gasteiger partial charge in [0.25, 0.3) is 0 Å². The van der Waals surface area contributed by atoms with E-state index >= 15 is 4.39 Å². The second-order valence-electron chi connectivity index (χ2n) is 9.75. The normalized spacial score (nSPS) is 50.7. The van der Waals surface area contributed by atoms with E-state index in [1.165, 1.54) is 12.2 Å². The average molecular weight is 520 g/mol. The molecule has 4 aliphatic carbocycles. The number of halogens is 2. The Morgan fingerprint density at radius 2 is 1.97 bits per heavy atom. The standard InChI is InChI=1S/C22H29FO5.HI/c1-12-8-16-15-5-4-13-9-14(25)6-7-19(13,2)21(15,23)17(26)10-20(16,3)22(12,28)18(27)11-24;/h6-7,9,12,15-17,24,26,28H,4-5,8,10-11H2,1-3H3;1H/t12-,15+,16+,17+,19+,20+,21+,22+;/m1./s1. The summed E-state index contributed by atoms with van der Waals surface area (Å²) in [6.07, 6.45) is 4.44. The zero-order chi connectivity index (χ0) is 20.7. The van der Waals surface area contributed by atoms with E-state index in [2.05, 4.69) is 0 Å².